The summed E-state index contributed by atoms with van der Waals surface area (Å²) in [5.41, 5.74) is 1.47. The molecular weight excluding hydrogens is 356 g/mol. The van der Waals surface area contributed by atoms with Crippen molar-refractivity contribution in [1.29, 1.82) is 0 Å². The summed E-state index contributed by atoms with van der Waals surface area (Å²) < 4.78 is 30.5. The van der Waals surface area contributed by atoms with Crippen LogP contribution in [0.2, 0.25) is 0 Å². The lowest BCUT2D eigenvalue weighted by Gasteiger charge is -2.36. The smallest absolute Gasteiger partial charge is 0.308 e. The number of amides is 1. The first kappa shape index (κ1) is 20.2. The predicted molar refractivity (Wildman–Crippen MR) is 99.3 cm³/mol. The van der Waals surface area contributed by atoms with Crippen LogP contribution in [0, 0.1) is 12.8 Å². The normalized spacial score (nSPS) is 16.8. The van der Waals surface area contributed by atoms with E-state index in [0.29, 0.717) is 31.6 Å². The lowest BCUT2D eigenvalue weighted by molar-refractivity contribution is -0.149. The Labute approximate surface area is 155 Å². The summed E-state index contributed by atoms with van der Waals surface area (Å²) in [5, 5.41) is 0. The molecule has 1 heterocycles. The van der Waals surface area contributed by atoms with Crippen molar-refractivity contribution in [3.8, 4) is 0 Å². The first-order valence-corrected chi connectivity index (χ1v) is 10.4. The second kappa shape index (κ2) is 8.07. The largest absolute Gasteiger partial charge is 0.469 e. The van der Waals surface area contributed by atoms with Gasteiger partial charge >= 0.3 is 5.97 Å². The van der Waals surface area contributed by atoms with Crippen LogP contribution in [-0.2, 0) is 24.3 Å². The van der Waals surface area contributed by atoms with Gasteiger partial charge in [-0.2, -0.15) is 0 Å². The molecule has 1 aromatic rings. The molecule has 1 amide bonds. The fourth-order valence-electron chi connectivity index (χ4n) is 3.26. The number of carbonyl (C=O) groups excluding carboxylic acids is 2. The minimum Gasteiger partial charge on any atom is -0.469 e. The summed E-state index contributed by atoms with van der Waals surface area (Å²) in [7, 11) is -2.28. The predicted octanol–water partition coefficient (Wildman–Crippen LogP) is 1.56. The van der Waals surface area contributed by atoms with Crippen LogP contribution in [0.3, 0.4) is 0 Å². The molecule has 0 spiro atoms. The van der Waals surface area contributed by atoms with Gasteiger partial charge in [-0.15, -0.1) is 0 Å². The third-order valence-electron chi connectivity index (χ3n) is 4.70. The highest BCUT2D eigenvalue weighted by Gasteiger charge is 2.34. The van der Waals surface area contributed by atoms with Gasteiger partial charge in [0.1, 0.15) is 6.04 Å². The summed E-state index contributed by atoms with van der Waals surface area (Å²) in [6.45, 7) is 4.33. The van der Waals surface area contributed by atoms with Gasteiger partial charge in [-0.05, 0) is 38.8 Å². The Morgan fingerprint density at radius 3 is 2.19 bits per heavy atom. The molecule has 0 radical (unpaired) electrons. The van der Waals surface area contributed by atoms with Crippen molar-refractivity contribution in [1.82, 2.24) is 4.90 Å². The monoisotopic (exact) mass is 382 g/mol. The van der Waals surface area contributed by atoms with Crippen molar-refractivity contribution >= 4 is 27.6 Å². The number of likely N-dealkylation sites (tertiary alicyclic amines) is 1. The molecule has 0 aromatic heterocycles. The number of aryl methyl sites for hydroxylation is 1. The van der Waals surface area contributed by atoms with Crippen LogP contribution in [0.5, 0.6) is 0 Å². The van der Waals surface area contributed by atoms with Crippen LogP contribution in [0.4, 0.5) is 5.69 Å². The number of methoxy groups -OCH3 is 1. The van der Waals surface area contributed by atoms with E-state index < -0.39 is 16.1 Å². The number of piperidine rings is 1. The highest BCUT2D eigenvalue weighted by atomic mass is 32.2. The molecule has 0 unspecified atom stereocenters. The number of hydrogen-bond donors (Lipinski definition) is 0. The zero-order valence-electron chi connectivity index (χ0n) is 15.6. The van der Waals surface area contributed by atoms with Crippen LogP contribution in [-0.4, -0.2) is 57.7 Å². The number of sulfonamides is 1. The van der Waals surface area contributed by atoms with E-state index in [1.165, 1.54) is 7.11 Å². The number of hydrogen-bond acceptors (Lipinski definition) is 5. The zero-order chi connectivity index (χ0) is 19.5. The Bertz CT molecular complexity index is 752. The number of anilines is 1. The van der Waals surface area contributed by atoms with Crippen LogP contribution in [0.15, 0.2) is 24.3 Å². The molecule has 26 heavy (non-hydrogen) atoms. The summed E-state index contributed by atoms with van der Waals surface area (Å²) >= 11 is 0. The number of carbonyl (C=O) groups is 2. The summed E-state index contributed by atoms with van der Waals surface area (Å²) in [5.74, 6) is -0.732. The maximum atomic E-state index is 12.9. The van der Waals surface area contributed by atoms with Crippen molar-refractivity contribution in [3.63, 3.8) is 0 Å². The van der Waals surface area contributed by atoms with E-state index in [9.17, 15) is 18.0 Å². The lowest BCUT2D eigenvalue weighted by atomic mass is 9.96. The van der Waals surface area contributed by atoms with Gasteiger partial charge in [0.15, 0.2) is 0 Å². The molecule has 0 saturated carbocycles. The van der Waals surface area contributed by atoms with E-state index in [-0.39, 0.29) is 17.8 Å². The van der Waals surface area contributed by atoms with Crippen LogP contribution < -0.4 is 4.31 Å². The molecule has 1 saturated heterocycles. The highest BCUT2D eigenvalue weighted by Crippen LogP contribution is 2.24. The van der Waals surface area contributed by atoms with E-state index >= 15 is 0 Å². The number of ether oxygens (including phenoxy) is 1. The molecule has 7 nitrogen and oxygen atoms in total. The molecule has 144 valence electrons. The highest BCUT2D eigenvalue weighted by molar-refractivity contribution is 7.92. The number of rotatable bonds is 5. The average molecular weight is 382 g/mol. The molecule has 1 fully saturated rings. The third-order valence-corrected chi connectivity index (χ3v) is 5.94. The van der Waals surface area contributed by atoms with Gasteiger partial charge in [0.2, 0.25) is 15.9 Å². The van der Waals surface area contributed by atoms with E-state index in [2.05, 4.69) is 0 Å². The fraction of sp³-hybridized carbons (Fsp3) is 0.556. The second-order valence-corrected chi connectivity index (χ2v) is 8.55. The van der Waals surface area contributed by atoms with Gasteiger partial charge in [-0.3, -0.25) is 13.9 Å². The minimum atomic E-state index is -3.63. The number of benzene rings is 1. The molecule has 1 aromatic carbocycles. The SMILES string of the molecule is COC(=O)C1CCN(C(=O)[C@H](C)N(c2ccc(C)cc2)S(C)(=O)=O)CC1. The maximum absolute atomic E-state index is 12.9. The number of nitrogens with zero attached hydrogens (tertiary/aromatic N) is 2. The van der Waals surface area contributed by atoms with Gasteiger partial charge in [0, 0.05) is 13.1 Å². The maximum Gasteiger partial charge on any atom is 0.308 e. The van der Waals surface area contributed by atoms with Crippen molar-refractivity contribution < 1.29 is 22.7 Å². The summed E-state index contributed by atoms with van der Waals surface area (Å²) in [4.78, 5) is 26.1. The van der Waals surface area contributed by atoms with Crippen molar-refractivity contribution in [2.24, 2.45) is 5.92 Å². The van der Waals surface area contributed by atoms with E-state index in [4.69, 9.17) is 4.74 Å². The second-order valence-electron chi connectivity index (χ2n) is 6.69. The van der Waals surface area contributed by atoms with Gasteiger partial charge < -0.3 is 9.64 Å². The lowest BCUT2D eigenvalue weighted by Crippen LogP contribution is -2.51. The first-order valence-electron chi connectivity index (χ1n) is 8.58. The molecule has 0 N–H and O–H groups in total. The van der Waals surface area contributed by atoms with Gasteiger partial charge in [-0.1, -0.05) is 17.7 Å². The Kier molecular flexibility index (Phi) is 6.28. The van der Waals surface area contributed by atoms with Crippen LogP contribution in [0.25, 0.3) is 0 Å². The Morgan fingerprint density at radius 1 is 1.19 bits per heavy atom. The van der Waals surface area contributed by atoms with E-state index in [1.54, 1.807) is 24.0 Å². The third kappa shape index (κ3) is 4.55. The molecular formula is C18H26N2O5S. The van der Waals surface area contributed by atoms with Gasteiger partial charge in [-0.25, -0.2) is 8.42 Å². The standard InChI is InChI=1S/C18H26N2O5S/c1-13-5-7-16(8-6-13)20(26(4,23)24)14(2)17(21)19-11-9-15(10-12-19)18(22)25-3/h5-8,14-15H,9-12H2,1-4H3/t14-/m0/s1. The molecule has 1 atom stereocenters. The summed E-state index contributed by atoms with van der Waals surface area (Å²) in [6.07, 6.45) is 2.14. The Balaban J connectivity index is 2.16. The van der Waals surface area contributed by atoms with Crippen molar-refractivity contribution in [2.75, 3.05) is 30.8 Å². The first-order chi connectivity index (χ1) is 12.1. The zero-order valence-corrected chi connectivity index (χ0v) is 16.5. The van der Waals surface area contributed by atoms with E-state index in [1.807, 2.05) is 19.1 Å². The fourth-order valence-corrected chi connectivity index (χ4v) is 4.43. The van der Waals surface area contributed by atoms with E-state index in [0.717, 1.165) is 16.1 Å². The van der Waals surface area contributed by atoms with Crippen molar-refractivity contribution in [3.05, 3.63) is 29.8 Å². The molecule has 1 aliphatic heterocycles. The van der Waals surface area contributed by atoms with Gasteiger partial charge in [0.05, 0.1) is 25.0 Å². The molecule has 1 aliphatic rings. The Morgan fingerprint density at radius 2 is 1.73 bits per heavy atom. The van der Waals surface area contributed by atoms with Crippen LogP contribution >= 0.6 is 0 Å². The molecule has 8 heteroatoms. The topological polar surface area (TPSA) is 84.0 Å². The summed E-state index contributed by atoms with van der Waals surface area (Å²) in [6, 6.07) is 6.16. The number of esters is 1. The minimum absolute atomic E-state index is 0.206. The van der Waals surface area contributed by atoms with Gasteiger partial charge in [0.25, 0.3) is 0 Å². The Hall–Kier alpha value is -2.09. The quantitative estimate of drug-likeness (QED) is 0.722. The molecule has 0 bridgehead atoms. The average Bonchev–Trinajstić information content (AvgIpc) is 2.61. The van der Waals surface area contributed by atoms with Crippen LogP contribution in [0.1, 0.15) is 25.3 Å². The molecule has 0 aliphatic carbocycles. The molecule has 2 rings (SSSR count). The van der Waals surface area contributed by atoms with Crippen molar-refractivity contribution in [2.45, 2.75) is 32.7 Å².